The fourth-order valence-electron chi connectivity index (χ4n) is 3.40. The van der Waals surface area contributed by atoms with Crippen molar-refractivity contribution in [2.24, 2.45) is 5.92 Å². The van der Waals surface area contributed by atoms with Gasteiger partial charge in [-0.1, -0.05) is 22.2 Å². The third-order valence-electron chi connectivity index (χ3n) is 4.72. The second-order valence-electron chi connectivity index (χ2n) is 6.26. The van der Waals surface area contributed by atoms with Crippen LogP contribution >= 0.6 is 23.1 Å². The molecule has 3 heterocycles. The first kappa shape index (κ1) is 16.7. The summed E-state index contributed by atoms with van der Waals surface area (Å²) in [6.45, 7) is 1.90. The second kappa shape index (κ2) is 7.25. The number of amides is 1. The van der Waals surface area contributed by atoms with Crippen molar-refractivity contribution in [3.63, 3.8) is 0 Å². The predicted octanol–water partition coefficient (Wildman–Crippen LogP) is 1.58. The Bertz CT molecular complexity index is 744. The smallest absolute Gasteiger partial charge is 0.275 e. The number of nitrogens with one attached hydrogen (secondary N) is 2. The maximum Gasteiger partial charge on any atom is 0.275 e. The molecule has 2 N–H and O–H groups in total. The zero-order valence-electron chi connectivity index (χ0n) is 13.4. The molecule has 1 aromatic carbocycles. The van der Waals surface area contributed by atoms with Crippen LogP contribution in [0.3, 0.4) is 0 Å². The van der Waals surface area contributed by atoms with Crippen molar-refractivity contribution in [1.29, 1.82) is 0 Å². The van der Waals surface area contributed by atoms with Crippen LogP contribution in [0.4, 0.5) is 0 Å². The maximum atomic E-state index is 12.5. The summed E-state index contributed by atoms with van der Waals surface area (Å²) in [5.41, 5.74) is 7.06. The van der Waals surface area contributed by atoms with Gasteiger partial charge in [0.2, 0.25) is 0 Å². The van der Waals surface area contributed by atoms with E-state index in [-0.39, 0.29) is 17.9 Å². The molecule has 3 unspecified atom stereocenters. The van der Waals surface area contributed by atoms with Crippen molar-refractivity contribution in [1.82, 2.24) is 25.3 Å². The number of benzene rings is 1. The van der Waals surface area contributed by atoms with E-state index in [0.29, 0.717) is 36.5 Å². The third kappa shape index (κ3) is 3.62. The number of fused-ring (bicyclic) bond motifs is 1. The van der Waals surface area contributed by atoms with Gasteiger partial charge in [-0.05, 0) is 36.2 Å². The number of carbonyl (C=O) groups excluding carboxylic acids is 1. The van der Waals surface area contributed by atoms with Crippen LogP contribution in [0.5, 0.6) is 5.75 Å². The quantitative estimate of drug-likeness (QED) is 0.839. The van der Waals surface area contributed by atoms with Crippen molar-refractivity contribution < 1.29 is 9.53 Å². The number of rotatable bonds is 4. The van der Waals surface area contributed by atoms with Crippen molar-refractivity contribution in [2.75, 3.05) is 19.7 Å². The molecule has 0 radical (unpaired) electrons. The van der Waals surface area contributed by atoms with Gasteiger partial charge in [-0.3, -0.25) is 15.6 Å². The average molecular weight is 380 g/mol. The summed E-state index contributed by atoms with van der Waals surface area (Å²) in [5, 5.41) is 6.23. The van der Waals surface area contributed by atoms with E-state index in [2.05, 4.69) is 20.4 Å². The minimum Gasteiger partial charge on any atom is -0.492 e. The molecule has 2 aliphatic rings. The number of halogens is 1. The summed E-state index contributed by atoms with van der Waals surface area (Å²) in [5.74, 6) is 0.979. The molecule has 2 aromatic rings. The van der Waals surface area contributed by atoms with E-state index in [4.69, 9.17) is 16.3 Å². The molecule has 4 rings (SSSR count). The summed E-state index contributed by atoms with van der Waals surface area (Å²) in [6, 6.07) is 7.82. The summed E-state index contributed by atoms with van der Waals surface area (Å²) in [6.07, 6.45) is 0.897. The van der Waals surface area contributed by atoms with Crippen molar-refractivity contribution in [3.8, 4) is 5.75 Å². The Morgan fingerprint density at radius 1 is 1.44 bits per heavy atom. The number of hydrazine groups is 1. The molecule has 1 aromatic heterocycles. The zero-order valence-corrected chi connectivity index (χ0v) is 15.0. The summed E-state index contributed by atoms with van der Waals surface area (Å²) in [4.78, 5) is 14.4. The Kier molecular flexibility index (Phi) is 4.85. The van der Waals surface area contributed by atoms with Crippen molar-refractivity contribution in [2.45, 2.75) is 18.5 Å². The first-order chi connectivity index (χ1) is 12.2. The molecule has 0 aliphatic carbocycles. The third-order valence-corrected chi connectivity index (χ3v) is 5.46. The Morgan fingerprint density at radius 3 is 3.16 bits per heavy atom. The van der Waals surface area contributed by atoms with E-state index in [1.165, 1.54) is 11.5 Å². The lowest BCUT2D eigenvalue weighted by atomic mass is 9.88. The standard InChI is InChI=1S/C16H18ClN5O2S/c17-10-2-1-3-11(6-10)24-8-14-12-7-22(5-4-13(12)18-19-14)16(23)15-9-25-21-20-15/h1-3,6,9,12-14,18-19H,4-5,7-8H2. The summed E-state index contributed by atoms with van der Waals surface area (Å²) >= 11 is 7.19. The van der Waals surface area contributed by atoms with Crippen LogP contribution < -0.4 is 15.6 Å². The van der Waals surface area contributed by atoms with Gasteiger partial charge in [-0.2, -0.15) is 0 Å². The minimum atomic E-state index is -0.0476. The number of carbonyl (C=O) groups is 1. The fraction of sp³-hybridized carbons (Fsp3) is 0.438. The lowest BCUT2D eigenvalue weighted by molar-refractivity contribution is 0.0634. The van der Waals surface area contributed by atoms with Gasteiger partial charge in [0, 0.05) is 35.5 Å². The van der Waals surface area contributed by atoms with Gasteiger partial charge in [-0.25, -0.2) is 0 Å². The van der Waals surface area contributed by atoms with Crippen LogP contribution in [-0.2, 0) is 0 Å². The van der Waals surface area contributed by atoms with Gasteiger partial charge in [0.25, 0.3) is 5.91 Å². The molecule has 25 heavy (non-hydrogen) atoms. The Labute approximate surface area is 154 Å². The molecular formula is C16H18ClN5O2S. The average Bonchev–Trinajstić information content (AvgIpc) is 3.29. The van der Waals surface area contributed by atoms with E-state index < -0.39 is 0 Å². The van der Waals surface area contributed by atoms with E-state index in [1.54, 1.807) is 11.4 Å². The Balaban J connectivity index is 1.39. The highest BCUT2D eigenvalue weighted by molar-refractivity contribution is 7.03. The molecule has 132 valence electrons. The number of hydrogen-bond acceptors (Lipinski definition) is 7. The topological polar surface area (TPSA) is 79.4 Å². The van der Waals surface area contributed by atoms with Gasteiger partial charge >= 0.3 is 0 Å². The molecule has 0 bridgehead atoms. The van der Waals surface area contributed by atoms with Crippen LogP contribution in [0, 0.1) is 5.92 Å². The highest BCUT2D eigenvalue weighted by Gasteiger charge is 2.41. The van der Waals surface area contributed by atoms with Gasteiger partial charge in [0.05, 0.1) is 6.04 Å². The number of hydrogen-bond donors (Lipinski definition) is 2. The highest BCUT2D eigenvalue weighted by atomic mass is 35.5. The van der Waals surface area contributed by atoms with Crippen LogP contribution in [0.1, 0.15) is 16.9 Å². The fourth-order valence-corrected chi connectivity index (χ4v) is 4.01. The maximum absolute atomic E-state index is 12.5. The normalized spacial score (nSPS) is 25.6. The largest absolute Gasteiger partial charge is 0.492 e. The predicted molar refractivity (Wildman–Crippen MR) is 94.7 cm³/mol. The molecule has 1 amide bonds. The molecule has 9 heteroatoms. The van der Waals surface area contributed by atoms with Gasteiger partial charge in [0.15, 0.2) is 5.69 Å². The SMILES string of the molecule is O=C(c1csnn1)N1CCC2NNC(COc3cccc(Cl)c3)C2C1. The minimum absolute atomic E-state index is 0.0476. The van der Waals surface area contributed by atoms with Crippen LogP contribution in [0.15, 0.2) is 29.6 Å². The van der Waals surface area contributed by atoms with E-state index in [9.17, 15) is 4.79 Å². The molecule has 3 atom stereocenters. The molecule has 2 fully saturated rings. The summed E-state index contributed by atoms with van der Waals surface area (Å²) < 4.78 is 9.65. The Hall–Kier alpha value is -1.74. The van der Waals surface area contributed by atoms with Gasteiger partial charge in [0.1, 0.15) is 12.4 Å². The first-order valence-corrected chi connectivity index (χ1v) is 9.38. The Morgan fingerprint density at radius 2 is 2.36 bits per heavy atom. The number of ether oxygens (including phenoxy) is 1. The highest BCUT2D eigenvalue weighted by Crippen LogP contribution is 2.26. The lowest BCUT2D eigenvalue weighted by Gasteiger charge is -2.35. The first-order valence-electron chi connectivity index (χ1n) is 8.16. The molecular weight excluding hydrogens is 362 g/mol. The van der Waals surface area contributed by atoms with Crippen molar-refractivity contribution in [3.05, 3.63) is 40.4 Å². The summed E-state index contributed by atoms with van der Waals surface area (Å²) in [7, 11) is 0. The number of likely N-dealkylation sites (tertiary alicyclic amines) is 1. The van der Waals surface area contributed by atoms with Crippen molar-refractivity contribution >= 4 is 29.0 Å². The molecule has 2 saturated heterocycles. The van der Waals surface area contributed by atoms with E-state index in [0.717, 1.165) is 12.2 Å². The van der Waals surface area contributed by atoms with Gasteiger partial charge in [-0.15, -0.1) is 5.10 Å². The van der Waals surface area contributed by atoms with Crippen LogP contribution in [0.25, 0.3) is 0 Å². The number of aromatic nitrogens is 2. The number of piperidine rings is 1. The molecule has 2 aliphatic heterocycles. The second-order valence-corrected chi connectivity index (χ2v) is 7.31. The molecule has 0 spiro atoms. The monoisotopic (exact) mass is 379 g/mol. The van der Waals surface area contributed by atoms with Crippen LogP contribution in [-0.4, -0.2) is 52.2 Å². The van der Waals surface area contributed by atoms with Crippen LogP contribution in [0.2, 0.25) is 5.02 Å². The molecule has 7 nitrogen and oxygen atoms in total. The van der Waals surface area contributed by atoms with E-state index in [1.807, 2.05) is 23.1 Å². The number of nitrogens with zero attached hydrogens (tertiary/aromatic N) is 3. The van der Waals surface area contributed by atoms with E-state index >= 15 is 0 Å². The lowest BCUT2D eigenvalue weighted by Crippen LogP contribution is -2.49. The molecule has 0 saturated carbocycles. The van der Waals surface area contributed by atoms with Gasteiger partial charge < -0.3 is 9.64 Å². The zero-order chi connectivity index (χ0) is 17.2.